The van der Waals surface area contributed by atoms with Crippen LogP contribution in [0.2, 0.25) is 0 Å². The van der Waals surface area contributed by atoms with Crippen molar-refractivity contribution in [3.05, 3.63) is 0 Å². The minimum absolute atomic E-state index is 0.112. The van der Waals surface area contributed by atoms with Crippen LogP contribution < -0.4 is 11.1 Å². The lowest BCUT2D eigenvalue weighted by atomic mass is 9.71. The van der Waals surface area contributed by atoms with Crippen LogP contribution in [0.4, 0.5) is 0 Å². The Labute approximate surface area is 108 Å². The molecule has 0 spiro atoms. The zero-order chi connectivity index (χ0) is 13.8. The second-order valence-electron chi connectivity index (χ2n) is 5.37. The van der Waals surface area contributed by atoms with Gasteiger partial charge in [0.15, 0.2) is 0 Å². The Morgan fingerprint density at radius 3 is 2.67 bits per heavy atom. The number of aliphatic carboxylic acids is 1. The second-order valence-corrected chi connectivity index (χ2v) is 5.37. The average Bonchev–Trinajstić information content (AvgIpc) is 2.33. The molecule has 1 rings (SSSR count). The number of rotatable bonds is 5. The third-order valence-corrected chi connectivity index (χ3v) is 4.16. The summed E-state index contributed by atoms with van der Waals surface area (Å²) >= 11 is 0. The molecule has 0 heterocycles. The SMILES string of the molecule is CCC(CN)C(=O)NC1CCCCC1(C)C(=O)O. The van der Waals surface area contributed by atoms with Gasteiger partial charge in [-0.1, -0.05) is 19.8 Å². The van der Waals surface area contributed by atoms with E-state index in [1.165, 1.54) is 0 Å². The molecule has 1 fully saturated rings. The fraction of sp³-hybridized carbons (Fsp3) is 0.846. The Morgan fingerprint density at radius 1 is 1.50 bits per heavy atom. The van der Waals surface area contributed by atoms with Gasteiger partial charge in [-0.05, 0) is 26.2 Å². The van der Waals surface area contributed by atoms with Crippen molar-refractivity contribution in [1.82, 2.24) is 5.32 Å². The van der Waals surface area contributed by atoms with Crippen LogP contribution in [0, 0.1) is 11.3 Å². The van der Waals surface area contributed by atoms with Crippen molar-refractivity contribution in [2.75, 3.05) is 6.54 Å². The molecule has 4 N–H and O–H groups in total. The quantitative estimate of drug-likeness (QED) is 0.687. The molecule has 1 aliphatic carbocycles. The van der Waals surface area contributed by atoms with Crippen molar-refractivity contribution < 1.29 is 14.7 Å². The van der Waals surface area contributed by atoms with E-state index in [9.17, 15) is 14.7 Å². The molecular formula is C13H24N2O3. The van der Waals surface area contributed by atoms with E-state index in [2.05, 4.69) is 5.32 Å². The van der Waals surface area contributed by atoms with Crippen LogP contribution in [0.1, 0.15) is 46.0 Å². The molecule has 1 amide bonds. The van der Waals surface area contributed by atoms with Crippen molar-refractivity contribution in [3.63, 3.8) is 0 Å². The lowest BCUT2D eigenvalue weighted by Crippen LogP contribution is -2.53. The van der Waals surface area contributed by atoms with E-state index < -0.39 is 11.4 Å². The van der Waals surface area contributed by atoms with E-state index in [0.29, 0.717) is 19.4 Å². The van der Waals surface area contributed by atoms with Crippen LogP contribution in [-0.4, -0.2) is 29.6 Å². The van der Waals surface area contributed by atoms with Crippen molar-refractivity contribution in [3.8, 4) is 0 Å². The predicted octanol–water partition coefficient (Wildman–Crippen LogP) is 1.12. The number of carboxylic acids is 1. The van der Waals surface area contributed by atoms with Gasteiger partial charge in [-0.3, -0.25) is 9.59 Å². The molecule has 3 unspecified atom stereocenters. The molecule has 1 aliphatic rings. The number of carbonyl (C=O) groups is 2. The van der Waals surface area contributed by atoms with Gasteiger partial charge in [0.05, 0.1) is 5.41 Å². The van der Waals surface area contributed by atoms with E-state index in [1.54, 1.807) is 6.92 Å². The molecule has 0 bridgehead atoms. The van der Waals surface area contributed by atoms with Crippen molar-refractivity contribution in [1.29, 1.82) is 0 Å². The topological polar surface area (TPSA) is 92.4 Å². The average molecular weight is 256 g/mol. The maximum atomic E-state index is 12.0. The van der Waals surface area contributed by atoms with E-state index in [-0.39, 0.29) is 17.9 Å². The standard InChI is InChI=1S/C13H24N2O3/c1-3-9(8-14)11(16)15-10-6-4-5-7-13(10,2)12(17)18/h9-10H,3-8,14H2,1-2H3,(H,15,16)(H,17,18). The molecule has 104 valence electrons. The van der Waals surface area contributed by atoms with Crippen molar-refractivity contribution in [2.45, 2.75) is 52.0 Å². The summed E-state index contributed by atoms with van der Waals surface area (Å²) in [4.78, 5) is 23.4. The molecule has 1 saturated carbocycles. The third kappa shape index (κ3) is 3.02. The lowest BCUT2D eigenvalue weighted by molar-refractivity contribution is -0.152. The summed E-state index contributed by atoms with van der Waals surface area (Å²) in [7, 11) is 0. The Bertz CT molecular complexity index is 315. The molecule has 5 nitrogen and oxygen atoms in total. The van der Waals surface area contributed by atoms with E-state index >= 15 is 0 Å². The lowest BCUT2D eigenvalue weighted by Gasteiger charge is -2.38. The minimum Gasteiger partial charge on any atom is -0.481 e. The summed E-state index contributed by atoms with van der Waals surface area (Å²) in [6.45, 7) is 3.94. The van der Waals surface area contributed by atoms with E-state index in [4.69, 9.17) is 5.73 Å². The third-order valence-electron chi connectivity index (χ3n) is 4.16. The first-order valence-electron chi connectivity index (χ1n) is 6.69. The number of nitrogens with two attached hydrogens (primary N) is 1. The van der Waals surface area contributed by atoms with Gasteiger partial charge in [-0.25, -0.2) is 0 Å². The van der Waals surface area contributed by atoms with Crippen LogP contribution in [0.5, 0.6) is 0 Å². The number of amides is 1. The first-order valence-corrected chi connectivity index (χ1v) is 6.69. The number of carbonyl (C=O) groups excluding carboxylic acids is 1. The molecule has 0 radical (unpaired) electrons. The Hall–Kier alpha value is -1.10. The minimum atomic E-state index is -0.846. The number of carboxylic acid groups (broad SMARTS) is 1. The van der Waals surface area contributed by atoms with Crippen LogP contribution in [0.25, 0.3) is 0 Å². The molecule has 0 saturated heterocycles. The van der Waals surface area contributed by atoms with Crippen molar-refractivity contribution >= 4 is 11.9 Å². The van der Waals surface area contributed by atoms with Gasteiger partial charge in [0, 0.05) is 18.5 Å². The fourth-order valence-corrected chi connectivity index (χ4v) is 2.57. The summed E-state index contributed by atoms with van der Waals surface area (Å²) < 4.78 is 0. The number of hydrogen-bond acceptors (Lipinski definition) is 3. The molecular weight excluding hydrogens is 232 g/mol. The highest BCUT2D eigenvalue weighted by Crippen LogP contribution is 2.36. The first kappa shape index (κ1) is 15.0. The summed E-state index contributed by atoms with van der Waals surface area (Å²) in [5.41, 5.74) is 4.69. The van der Waals surface area contributed by atoms with Gasteiger partial charge >= 0.3 is 5.97 Å². The van der Waals surface area contributed by atoms with Gasteiger partial charge in [-0.2, -0.15) is 0 Å². The molecule has 0 aliphatic heterocycles. The van der Waals surface area contributed by atoms with Gasteiger partial charge in [0.2, 0.25) is 5.91 Å². The van der Waals surface area contributed by atoms with E-state index in [0.717, 1.165) is 19.3 Å². The highest BCUT2D eigenvalue weighted by molar-refractivity contribution is 5.81. The predicted molar refractivity (Wildman–Crippen MR) is 69.0 cm³/mol. The maximum Gasteiger partial charge on any atom is 0.311 e. The van der Waals surface area contributed by atoms with Crippen LogP contribution in [0.3, 0.4) is 0 Å². The van der Waals surface area contributed by atoms with Crippen LogP contribution in [0.15, 0.2) is 0 Å². The van der Waals surface area contributed by atoms with Gasteiger partial charge in [0.25, 0.3) is 0 Å². The summed E-state index contributed by atoms with van der Waals surface area (Å²) in [5, 5.41) is 12.3. The normalized spacial score (nSPS) is 29.6. The van der Waals surface area contributed by atoms with Gasteiger partial charge in [0.1, 0.15) is 0 Å². The van der Waals surface area contributed by atoms with E-state index in [1.807, 2.05) is 6.92 Å². The number of hydrogen-bond donors (Lipinski definition) is 3. The summed E-state index contributed by atoms with van der Waals surface area (Å²) in [5.74, 6) is -1.15. The molecule has 3 atom stereocenters. The van der Waals surface area contributed by atoms with Crippen molar-refractivity contribution in [2.24, 2.45) is 17.1 Å². The smallest absolute Gasteiger partial charge is 0.311 e. The molecule has 0 aromatic carbocycles. The molecule has 0 aromatic heterocycles. The largest absolute Gasteiger partial charge is 0.481 e. The van der Waals surface area contributed by atoms with Gasteiger partial charge in [-0.15, -0.1) is 0 Å². The Balaban J connectivity index is 2.74. The highest BCUT2D eigenvalue weighted by Gasteiger charge is 2.44. The fourth-order valence-electron chi connectivity index (χ4n) is 2.57. The Morgan fingerprint density at radius 2 is 2.17 bits per heavy atom. The molecule has 18 heavy (non-hydrogen) atoms. The monoisotopic (exact) mass is 256 g/mol. The van der Waals surface area contributed by atoms with Crippen LogP contribution in [-0.2, 0) is 9.59 Å². The first-order chi connectivity index (χ1) is 8.45. The summed E-state index contributed by atoms with van der Waals surface area (Å²) in [6, 6.07) is -0.281. The highest BCUT2D eigenvalue weighted by atomic mass is 16.4. The summed E-state index contributed by atoms with van der Waals surface area (Å²) in [6.07, 6.45) is 3.90. The second kappa shape index (κ2) is 6.18. The Kier molecular flexibility index (Phi) is 5.14. The maximum absolute atomic E-state index is 12.0. The zero-order valence-corrected chi connectivity index (χ0v) is 11.2. The van der Waals surface area contributed by atoms with Crippen LogP contribution >= 0.6 is 0 Å². The van der Waals surface area contributed by atoms with Gasteiger partial charge < -0.3 is 16.2 Å². The molecule has 5 heteroatoms. The number of nitrogens with one attached hydrogen (secondary N) is 1. The molecule has 0 aromatic rings. The zero-order valence-electron chi connectivity index (χ0n) is 11.2.